The summed E-state index contributed by atoms with van der Waals surface area (Å²) in [6.45, 7) is 3.79. The average molecular weight is 191 g/mol. The maximum absolute atomic E-state index is 11.1. The van der Waals surface area contributed by atoms with E-state index in [-0.39, 0.29) is 11.7 Å². The van der Waals surface area contributed by atoms with Gasteiger partial charge < -0.3 is 4.74 Å². The van der Waals surface area contributed by atoms with Crippen LogP contribution in [0.1, 0.15) is 29.8 Å². The molecular formula is C11H13NO2. The van der Waals surface area contributed by atoms with E-state index in [1.54, 1.807) is 24.3 Å². The molecule has 0 aliphatic rings. The summed E-state index contributed by atoms with van der Waals surface area (Å²) in [7, 11) is 0. The second kappa shape index (κ2) is 4.56. The highest BCUT2D eigenvalue weighted by Crippen LogP contribution is 2.07. The van der Waals surface area contributed by atoms with Gasteiger partial charge in [-0.3, -0.25) is 10.2 Å². The first kappa shape index (κ1) is 10.4. The molecule has 0 unspecified atom stereocenters. The molecule has 1 N–H and O–H groups in total. The number of ether oxygens (including phenoxy) is 1. The quantitative estimate of drug-likeness (QED) is 0.452. The Morgan fingerprint density at radius 2 is 2.07 bits per heavy atom. The van der Waals surface area contributed by atoms with Crippen molar-refractivity contribution in [3.8, 4) is 0 Å². The first-order chi connectivity index (χ1) is 6.65. The molecule has 3 heteroatoms. The molecule has 0 spiro atoms. The molecule has 0 amide bonds. The van der Waals surface area contributed by atoms with Crippen LogP contribution in [0.4, 0.5) is 0 Å². The van der Waals surface area contributed by atoms with Crippen molar-refractivity contribution in [2.45, 2.75) is 13.8 Å². The van der Waals surface area contributed by atoms with E-state index in [1.165, 1.54) is 6.92 Å². The summed E-state index contributed by atoms with van der Waals surface area (Å²) in [5.41, 5.74) is 1.24. The third kappa shape index (κ3) is 2.42. The lowest BCUT2D eigenvalue weighted by Crippen LogP contribution is -2.05. The minimum Gasteiger partial charge on any atom is -0.478 e. The van der Waals surface area contributed by atoms with Gasteiger partial charge in [0.2, 0.25) is 5.90 Å². The number of hydrogen-bond donors (Lipinski definition) is 1. The fraction of sp³-hybridized carbons (Fsp3) is 0.273. The first-order valence-corrected chi connectivity index (χ1v) is 4.48. The predicted octanol–water partition coefficient (Wildman–Crippen LogP) is 2.25. The summed E-state index contributed by atoms with van der Waals surface area (Å²) in [5.74, 6) is 0.103. The summed E-state index contributed by atoms with van der Waals surface area (Å²) < 4.78 is 5.03. The van der Waals surface area contributed by atoms with Gasteiger partial charge in [-0.05, 0) is 26.0 Å². The van der Waals surface area contributed by atoms with Gasteiger partial charge in [-0.15, -0.1) is 0 Å². The summed E-state index contributed by atoms with van der Waals surface area (Å²) in [6, 6.07) is 6.90. The van der Waals surface area contributed by atoms with Crippen LogP contribution in [-0.2, 0) is 4.74 Å². The highest BCUT2D eigenvalue weighted by atomic mass is 16.5. The van der Waals surface area contributed by atoms with Gasteiger partial charge in [0.05, 0.1) is 6.61 Å². The molecule has 1 rings (SSSR count). The van der Waals surface area contributed by atoms with Crippen molar-refractivity contribution in [1.29, 1.82) is 5.41 Å². The lowest BCUT2D eigenvalue weighted by molar-refractivity contribution is 0.101. The van der Waals surface area contributed by atoms with Gasteiger partial charge in [0, 0.05) is 11.1 Å². The molecule has 1 aromatic carbocycles. The molecule has 74 valence electrons. The molecule has 1 aromatic rings. The van der Waals surface area contributed by atoms with Crippen LogP contribution in [0.15, 0.2) is 24.3 Å². The molecule has 0 aliphatic carbocycles. The zero-order chi connectivity index (χ0) is 10.6. The van der Waals surface area contributed by atoms with Crippen LogP contribution in [0.5, 0.6) is 0 Å². The Labute approximate surface area is 83.2 Å². The number of carbonyl (C=O) groups excluding carboxylic acids is 1. The fourth-order valence-corrected chi connectivity index (χ4v) is 1.11. The van der Waals surface area contributed by atoms with Gasteiger partial charge in [0.1, 0.15) is 0 Å². The molecule has 3 nitrogen and oxygen atoms in total. The van der Waals surface area contributed by atoms with Gasteiger partial charge in [-0.1, -0.05) is 12.1 Å². The number of hydrogen-bond acceptors (Lipinski definition) is 3. The number of rotatable bonds is 3. The molecule has 0 saturated carbocycles. The fourth-order valence-electron chi connectivity index (χ4n) is 1.11. The molecule has 0 atom stereocenters. The van der Waals surface area contributed by atoms with E-state index >= 15 is 0 Å². The molecule has 0 aromatic heterocycles. The van der Waals surface area contributed by atoms with Crippen molar-refractivity contribution in [2.24, 2.45) is 0 Å². The Morgan fingerprint density at radius 3 is 2.64 bits per heavy atom. The molecule has 0 aliphatic heterocycles. The van der Waals surface area contributed by atoms with Crippen LogP contribution < -0.4 is 0 Å². The molecule has 0 fully saturated rings. The standard InChI is InChI=1S/C11H13NO2/c1-3-14-11(12)10-6-4-5-9(7-10)8(2)13/h4-7,12H,3H2,1-2H3. The lowest BCUT2D eigenvalue weighted by Gasteiger charge is -2.05. The van der Waals surface area contributed by atoms with E-state index < -0.39 is 0 Å². The first-order valence-electron chi connectivity index (χ1n) is 4.48. The van der Waals surface area contributed by atoms with E-state index in [4.69, 9.17) is 10.1 Å². The topological polar surface area (TPSA) is 50.1 Å². The largest absolute Gasteiger partial charge is 0.478 e. The SMILES string of the molecule is CCOC(=N)c1cccc(C(C)=O)c1. The van der Waals surface area contributed by atoms with Crippen LogP contribution in [0.2, 0.25) is 0 Å². The van der Waals surface area contributed by atoms with Crippen LogP contribution in [0.25, 0.3) is 0 Å². The molecular weight excluding hydrogens is 178 g/mol. The Kier molecular flexibility index (Phi) is 3.40. The van der Waals surface area contributed by atoms with Gasteiger partial charge in [-0.2, -0.15) is 0 Å². The van der Waals surface area contributed by atoms with Gasteiger partial charge in [0.25, 0.3) is 0 Å². The number of nitrogens with one attached hydrogen (secondary N) is 1. The summed E-state index contributed by atoms with van der Waals surface area (Å²) in [4.78, 5) is 11.1. The minimum atomic E-state index is -0.00357. The molecule has 0 bridgehead atoms. The van der Waals surface area contributed by atoms with Crippen molar-refractivity contribution in [3.05, 3.63) is 35.4 Å². The van der Waals surface area contributed by atoms with Crippen LogP contribution >= 0.6 is 0 Å². The third-order valence-corrected chi connectivity index (χ3v) is 1.82. The molecule has 0 saturated heterocycles. The zero-order valence-electron chi connectivity index (χ0n) is 8.33. The maximum Gasteiger partial charge on any atom is 0.213 e. The minimum absolute atomic E-state index is 0.00357. The van der Waals surface area contributed by atoms with Crippen molar-refractivity contribution >= 4 is 11.7 Å². The molecule has 0 heterocycles. The highest BCUT2D eigenvalue weighted by Gasteiger charge is 2.04. The van der Waals surface area contributed by atoms with E-state index in [1.807, 2.05) is 6.92 Å². The average Bonchev–Trinajstić information content (AvgIpc) is 2.18. The Hall–Kier alpha value is -1.64. The molecule has 14 heavy (non-hydrogen) atoms. The monoisotopic (exact) mass is 191 g/mol. The van der Waals surface area contributed by atoms with Crippen molar-refractivity contribution in [3.63, 3.8) is 0 Å². The second-order valence-electron chi connectivity index (χ2n) is 2.90. The number of carbonyl (C=O) groups is 1. The number of benzene rings is 1. The van der Waals surface area contributed by atoms with E-state index in [0.29, 0.717) is 17.7 Å². The Morgan fingerprint density at radius 1 is 1.43 bits per heavy atom. The molecule has 0 radical (unpaired) electrons. The Bertz CT molecular complexity index is 358. The van der Waals surface area contributed by atoms with Crippen molar-refractivity contribution in [2.75, 3.05) is 6.61 Å². The Balaban J connectivity index is 2.93. The van der Waals surface area contributed by atoms with Crippen LogP contribution in [0, 0.1) is 5.41 Å². The summed E-state index contributed by atoms with van der Waals surface area (Å²) >= 11 is 0. The lowest BCUT2D eigenvalue weighted by atomic mass is 10.1. The van der Waals surface area contributed by atoms with Gasteiger partial charge >= 0.3 is 0 Å². The van der Waals surface area contributed by atoms with E-state index in [2.05, 4.69) is 0 Å². The summed E-state index contributed by atoms with van der Waals surface area (Å²) in [5, 5.41) is 7.53. The van der Waals surface area contributed by atoms with Gasteiger partial charge in [-0.25, -0.2) is 0 Å². The number of Topliss-reactive ketones (excluding diaryl/α,β-unsaturated/α-hetero) is 1. The summed E-state index contributed by atoms with van der Waals surface area (Å²) in [6.07, 6.45) is 0. The highest BCUT2D eigenvalue weighted by molar-refractivity contribution is 5.98. The van der Waals surface area contributed by atoms with Gasteiger partial charge in [0.15, 0.2) is 5.78 Å². The normalized spacial score (nSPS) is 9.57. The third-order valence-electron chi connectivity index (χ3n) is 1.82. The van der Waals surface area contributed by atoms with Crippen molar-refractivity contribution in [1.82, 2.24) is 0 Å². The maximum atomic E-state index is 11.1. The van der Waals surface area contributed by atoms with Crippen molar-refractivity contribution < 1.29 is 9.53 Å². The predicted molar refractivity (Wildman–Crippen MR) is 54.9 cm³/mol. The second-order valence-corrected chi connectivity index (χ2v) is 2.90. The van der Waals surface area contributed by atoms with E-state index in [9.17, 15) is 4.79 Å². The van der Waals surface area contributed by atoms with E-state index in [0.717, 1.165) is 0 Å². The van der Waals surface area contributed by atoms with Crippen LogP contribution in [-0.4, -0.2) is 18.3 Å². The van der Waals surface area contributed by atoms with Crippen LogP contribution in [0.3, 0.4) is 0 Å². The smallest absolute Gasteiger partial charge is 0.213 e. The zero-order valence-corrected chi connectivity index (χ0v) is 8.33. The number of ketones is 1.